The summed E-state index contributed by atoms with van der Waals surface area (Å²) in [5, 5.41) is 8.43. The van der Waals surface area contributed by atoms with Crippen molar-refractivity contribution in [3.05, 3.63) is 0 Å². The molecule has 0 bridgehead atoms. The van der Waals surface area contributed by atoms with Gasteiger partial charge in [-0.2, -0.15) is 0 Å². The van der Waals surface area contributed by atoms with Gasteiger partial charge in [0.25, 0.3) is 0 Å². The highest BCUT2D eigenvalue weighted by atomic mass is 16.4. The van der Waals surface area contributed by atoms with Crippen LogP contribution in [0.1, 0.15) is 19.3 Å². The molecule has 0 fully saturated rings. The highest BCUT2D eigenvalue weighted by molar-refractivity contribution is 5.75. The molecule has 100 valence electrons. The zero-order valence-electron chi connectivity index (χ0n) is 9.50. The quantitative estimate of drug-likeness (QED) is 0.176. The van der Waals surface area contributed by atoms with Gasteiger partial charge in [-0.3, -0.25) is 9.79 Å². The SMILES string of the molecule is NC(N)=NCCCC[C@H](N)C(=O)O.NC(N)=O. The van der Waals surface area contributed by atoms with Gasteiger partial charge in [0.05, 0.1) is 0 Å². The summed E-state index contributed by atoms with van der Waals surface area (Å²) in [6, 6.07) is -1.61. The number of carboxylic acid groups (broad SMARTS) is 1. The number of hydrogen-bond donors (Lipinski definition) is 6. The topological polar surface area (TPSA) is 197 Å². The molecule has 0 aromatic carbocycles. The molecule has 0 unspecified atom stereocenters. The number of aliphatic imine (C=N–C) groups is 1. The summed E-state index contributed by atoms with van der Waals surface area (Å²) < 4.78 is 0. The Morgan fingerprint density at radius 2 is 1.59 bits per heavy atom. The molecule has 0 spiro atoms. The first kappa shape index (κ1) is 17.4. The summed E-state index contributed by atoms with van der Waals surface area (Å²) >= 11 is 0. The molecule has 0 aromatic rings. The largest absolute Gasteiger partial charge is 0.480 e. The van der Waals surface area contributed by atoms with Crippen molar-refractivity contribution < 1.29 is 14.7 Å². The highest BCUT2D eigenvalue weighted by Crippen LogP contribution is 1.99. The Bertz CT molecular complexity index is 260. The van der Waals surface area contributed by atoms with E-state index < -0.39 is 18.0 Å². The maximum Gasteiger partial charge on any atom is 0.320 e. The molecule has 17 heavy (non-hydrogen) atoms. The van der Waals surface area contributed by atoms with Gasteiger partial charge in [-0.25, -0.2) is 4.79 Å². The van der Waals surface area contributed by atoms with Crippen LogP contribution in [0.4, 0.5) is 4.79 Å². The number of carbonyl (C=O) groups is 2. The van der Waals surface area contributed by atoms with Gasteiger partial charge < -0.3 is 33.8 Å². The molecule has 9 nitrogen and oxygen atoms in total. The molecule has 1 atom stereocenters. The second-order valence-electron chi connectivity index (χ2n) is 3.15. The zero-order chi connectivity index (χ0) is 13.8. The molecule has 2 amide bonds. The molecule has 0 aromatic heterocycles. The Labute approximate surface area is 99.0 Å². The number of hydrogen-bond acceptors (Lipinski definition) is 4. The van der Waals surface area contributed by atoms with E-state index in [2.05, 4.69) is 16.5 Å². The number of unbranched alkanes of at least 4 members (excludes halogenated alkanes) is 1. The van der Waals surface area contributed by atoms with Crippen LogP contribution >= 0.6 is 0 Å². The van der Waals surface area contributed by atoms with Gasteiger partial charge in [-0.05, 0) is 19.3 Å². The number of guanidine groups is 1. The molecule has 9 heteroatoms. The smallest absolute Gasteiger partial charge is 0.320 e. The third-order valence-electron chi connectivity index (χ3n) is 1.53. The second kappa shape index (κ2) is 10.5. The molecule has 0 aliphatic carbocycles. The number of aliphatic carboxylic acids is 1. The van der Waals surface area contributed by atoms with Gasteiger partial charge in [0, 0.05) is 6.54 Å². The number of nitrogens with two attached hydrogens (primary N) is 5. The molecule has 0 saturated heterocycles. The summed E-state index contributed by atoms with van der Waals surface area (Å²) in [5.41, 5.74) is 24.0. The molecular formula is C8H20N6O3. The van der Waals surface area contributed by atoms with Crippen LogP contribution in [0.3, 0.4) is 0 Å². The van der Waals surface area contributed by atoms with E-state index in [-0.39, 0.29) is 5.96 Å². The van der Waals surface area contributed by atoms with Crippen LogP contribution in [-0.2, 0) is 4.79 Å². The standard InChI is InChI=1S/C7H16N4O2.CH4N2O/c8-5(6(12)13)3-1-2-4-11-7(9)10;2-1(3)4/h5H,1-4,8H2,(H,12,13)(H4,9,10,11);(H4,2,3,4)/t5-;/m0./s1. The van der Waals surface area contributed by atoms with Crippen molar-refractivity contribution in [1.29, 1.82) is 0 Å². The lowest BCUT2D eigenvalue weighted by molar-refractivity contribution is -0.138. The van der Waals surface area contributed by atoms with Crippen LogP contribution in [0.2, 0.25) is 0 Å². The van der Waals surface area contributed by atoms with Gasteiger partial charge in [0.1, 0.15) is 6.04 Å². The Balaban J connectivity index is 0. The monoisotopic (exact) mass is 248 g/mol. The van der Waals surface area contributed by atoms with Gasteiger partial charge in [-0.15, -0.1) is 0 Å². The summed E-state index contributed by atoms with van der Waals surface area (Å²) in [5.74, 6) is -0.913. The first-order valence-corrected chi connectivity index (χ1v) is 4.86. The lowest BCUT2D eigenvalue weighted by Crippen LogP contribution is -2.29. The molecule has 11 N–H and O–H groups in total. The van der Waals surface area contributed by atoms with E-state index in [4.69, 9.17) is 27.1 Å². The van der Waals surface area contributed by atoms with E-state index in [0.717, 1.165) is 6.42 Å². The van der Waals surface area contributed by atoms with Crippen molar-refractivity contribution in [2.24, 2.45) is 33.7 Å². The third-order valence-corrected chi connectivity index (χ3v) is 1.53. The fraction of sp³-hybridized carbons (Fsp3) is 0.625. The van der Waals surface area contributed by atoms with E-state index >= 15 is 0 Å². The zero-order valence-corrected chi connectivity index (χ0v) is 9.50. The van der Waals surface area contributed by atoms with Crippen molar-refractivity contribution in [2.75, 3.05) is 6.54 Å². The maximum atomic E-state index is 10.3. The minimum atomic E-state index is -0.971. The van der Waals surface area contributed by atoms with Gasteiger partial charge >= 0.3 is 12.0 Å². The van der Waals surface area contributed by atoms with Gasteiger partial charge in [-0.1, -0.05) is 0 Å². The third kappa shape index (κ3) is 20.1. The molecule has 0 aliphatic heterocycles. The number of carboxylic acids is 1. The van der Waals surface area contributed by atoms with E-state index in [1.807, 2.05) is 0 Å². The van der Waals surface area contributed by atoms with Crippen molar-refractivity contribution in [1.82, 2.24) is 0 Å². The van der Waals surface area contributed by atoms with Crippen molar-refractivity contribution in [3.63, 3.8) is 0 Å². The maximum absolute atomic E-state index is 10.3. The summed E-state index contributed by atoms with van der Waals surface area (Å²) in [6.45, 7) is 0.522. The number of primary amides is 2. The van der Waals surface area contributed by atoms with Crippen LogP contribution in [0.15, 0.2) is 4.99 Å². The minimum absolute atomic E-state index is 0.0579. The highest BCUT2D eigenvalue weighted by Gasteiger charge is 2.09. The molecular weight excluding hydrogens is 228 g/mol. The molecule has 0 heterocycles. The number of carbonyl (C=O) groups excluding carboxylic acids is 1. The van der Waals surface area contributed by atoms with Crippen LogP contribution in [-0.4, -0.2) is 35.7 Å². The lowest BCUT2D eigenvalue weighted by atomic mass is 10.1. The number of nitrogens with zero attached hydrogens (tertiary/aromatic N) is 1. The normalized spacial score (nSPS) is 10.6. The first-order valence-electron chi connectivity index (χ1n) is 4.86. The number of urea groups is 1. The first-order chi connectivity index (χ1) is 7.77. The van der Waals surface area contributed by atoms with E-state index in [0.29, 0.717) is 19.4 Å². The average Bonchev–Trinajstić information content (AvgIpc) is 2.15. The molecule has 0 radical (unpaired) electrons. The van der Waals surface area contributed by atoms with Crippen molar-refractivity contribution in [2.45, 2.75) is 25.3 Å². The molecule has 0 saturated carbocycles. The van der Waals surface area contributed by atoms with Crippen molar-refractivity contribution >= 4 is 18.0 Å². The predicted molar refractivity (Wildman–Crippen MR) is 63.9 cm³/mol. The molecule has 0 aliphatic rings. The summed E-state index contributed by atoms with van der Waals surface area (Å²) in [7, 11) is 0. The van der Waals surface area contributed by atoms with Gasteiger partial charge in [0.2, 0.25) is 0 Å². The van der Waals surface area contributed by atoms with Gasteiger partial charge in [0.15, 0.2) is 5.96 Å². The van der Waals surface area contributed by atoms with Crippen LogP contribution in [0.25, 0.3) is 0 Å². The minimum Gasteiger partial charge on any atom is -0.480 e. The van der Waals surface area contributed by atoms with E-state index in [9.17, 15) is 4.79 Å². The Morgan fingerprint density at radius 1 is 1.12 bits per heavy atom. The van der Waals surface area contributed by atoms with Crippen LogP contribution in [0.5, 0.6) is 0 Å². The summed E-state index contributed by atoms with van der Waals surface area (Å²) in [4.78, 5) is 23.0. The summed E-state index contributed by atoms with van der Waals surface area (Å²) in [6.07, 6.45) is 1.92. The fourth-order valence-corrected chi connectivity index (χ4v) is 0.808. The Morgan fingerprint density at radius 3 is 1.94 bits per heavy atom. The number of rotatable bonds is 6. The second-order valence-corrected chi connectivity index (χ2v) is 3.15. The Hall–Kier alpha value is -2.03. The molecule has 0 rings (SSSR count). The van der Waals surface area contributed by atoms with E-state index in [1.165, 1.54) is 0 Å². The van der Waals surface area contributed by atoms with Crippen molar-refractivity contribution in [3.8, 4) is 0 Å². The fourth-order valence-electron chi connectivity index (χ4n) is 0.808. The van der Waals surface area contributed by atoms with E-state index in [1.54, 1.807) is 0 Å². The lowest BCUT2D eigenvalue weighted by Gasteiger charge is -2.04. The van der Waals surface area contributed by atoms with Crippen LogP contribution in [0, 0.1) is 0 Å². The predicted octanol–water partition coefficient (Wildman–Crippen LogP) is -2.13. The number of amides is 2. The average molecular weight is 248 g/mol. The Kier molecular flexibility index (Phi) is 10.7. The van der Waals surface area contributed by atoms with Crippen LogP contribution < -0.4 is 28.7 Å².